The van der Waals surface area contributed by atoms with Crippen LogP contribution in [0.5, 0.6) is 11.5 Å². The van der Waals surface area contributed by atoms with Gasteiger partial charge in [0.1, 0.15) is 18.1 Å². The molecule has 0 aliphatic heterocycles. The number of aliphatic carboxylic acids is 1. The number of ether oxygens (including phenoxy) is 2. The van der Waals surface area contributed by atoms with Gasteiger partial charge in [0, 0.05) is 3.57 Å². The Morgan fingerprint density at radius 2 is 1.66 bits per heavy atom. The van der Waals surface area contributed by atoms with Gasteiger partial charge in [-0.05, 0) is 113 Å². The van der Waals surface area contributed by atoms with Gasteiger partial charge in [-0.3, -0.25) is 0 Å². The van der Waals surface area contributed by atoms with Crippen molar-refractivity contribution in [1.82, 2.24) is 0 Å². The zero-order chi connectivity index (χ0) is 22.5. The quantitative estimate of drug-likeness (QED) is 0.317. The lowest BCUT2D eigenvalue weighted by atomic mass is 9.96. The van der Waals surface area contributed by atoms with Gasteiger partial charge in [-0.15, -0.1) is 0 Å². The Morgan fingerprint density at radius 1 is 1.00 bits per heavy atom. The normalized spacial score (nSPS) is 13.6. The van der Waals surface area contributed by atoms with Crippen molar-refractivity contribution in [3.63, 3.8) is 0 Å². The van der Waals surface area contributed by atoms with Crippen LogP contribution in [0.4, 0.5) is 0 Å². The second-order valence-corrected chi connectivity index (χ2v) is 9.19. The first-order valence-corrected chi connectivity index (χ1v) is 11.7. The van der Waals surface area contributed by atoms with Crippen molar-refractivity contribution in [2.75, 3.05) is 13.2 Å². The molecule has 1 saturated carbocycles. The summed E-state index contributed by atoms with van der Waals surface area (Å²) < 4.78 is 12.5. The summed E-state index contributed by atoms with van der Waals surface area (Å²) >= 11 is 2.32. The third kappa shape index (κ3) is 5.91. The van der Waals surface area contributed by atoms with Gasteiger partial charge in [-0.25, -0.2) is 4.79 Å². The van der Waals surface area contributed by atoms with Crippen molar-refractivity contribution in [1.29, 1.82) is 0 Å². The van der Waals surface area contributed by atoms with E-state index in [2.05, 4.69) is 77.2 Å². The molecule has 4 nitrogen and oxygen atoms in total. The predicted octanol–water partition coefficient (Wildman–Crippen LogP) is 6.45. The van der Waals surface area contributed by atoms with E-state index < -0.39 is 5.97 Å². The first-order valence-electron chi connectivity index (χ1n) is 10.6. The number of rotatable bonds is 9. The van der Waals surface area contributed by atoms with Crippen molar-refractivity contribution >= 4 is 34.1 Å². The number of halogens is 1. The standard InChI is InChI=1S/C27H25IO4/c1-18-16-24(12-13-26(18)32-17-27(29)30)31-15-14-25(22-8-10-23(28)11-9-22)21-6-4-20(5-7-21)19-2-3-19/h4-14,16,19H,2-3,15,17H2,1H3,(H,29,30)/b25-14-. The molecule has 0 amide bonds. The number of benzene rings is 3. The number of carboxylic acid groups (broad SMARTS) is 1. The summed E-state index contributed by atoms with van der Waals surface area (Å²) in [6, 6.07) is 22.8. The summed E-state index contributed by atoms with van der Waals surface area (Å²) in [4.78, 5) is 10.7. The van der Waals surface area contributed by atoms with Crippen molar-refractivity contribution in [2.24, 2.45) is 0 Å². The number of hydrogen-bond acceptors (Lipinski definition) is 3. The Labute approximate surface area is 202 Å². The topological polar surface area (TPSA) is 55.8 Å². The molecule has 0 atom stereocenters. The number of aryl methyl sites for hydroxylation is 1. The second kappa shape index (κ2) is 10.2. The Balaban J connectivity index is 1.51. The molecule has 1 aliphatic carbocycles. The van der Waals surface area contributed by atoms with Crippen LogP contribution in [0.15, 0.2) is 72.8 Å². The zero-order valence-corrected chi connectivity index (χ0v) is 20.0. The average molecular weight is 540 g/mol. The van der Waals surface area contributed by atoms with E-state index in [1.165, 1.54) is 27.5 Å². The molecule has 1 N–H and O–H groups in total. The van der Waals surface area contributed by atoms with Gasteiger partial charge < -0.3 is 14.6 Å². The van der Waals surface area contributed by atoms with E-state index >= 15 is 0 Å². The van der Waals surface area contributed by atoms with Crippen LogP contribution >= 0.6 is 22.6 Å². The van der Waals surface area contributed by atoms with Crippen LogP contribution in [0.25, 0.3) is 5.57 Å². The smallest absolute Gasteiger partial charge is 0.341 e. The van der Waals surface area contributed by atoms with Crippen molar-refractivity contribution < 1.29 is 19.4 Å². The Morgan fingerprint density at radius 3 is 2.25 bits per heavy atom. The van der Waals surface area contributed by atoms with Gasteiger partial charge in [0.05, 0.1) is 0 Å². The van der Waals surface area contributed by atoms with Gasteiger partial charge in [-0.1, -0.05) is 36.4 Å². The predicted molar refractivity (Wildman–Crippen MR) is 134 cm³/mol. The van der Waals surface area contributed by atoms with Gasteiger partial charge >= 0.3 is 5.97 Å². The van der Waals surface area contributed by atoms with Crippen molar-refractivity contribution in [3.8, 4) is 11.5 Å². The first kappa shape index (κ1) is 22.4. The fraction of sp³-hybridized carbons (Fsp3) is 0.222. The van der Waals surface area contributed by atoms with E-state index in [4.69, 9.17) is 14.6 Å². The van der Waals surface area contributed by atoms with Gasteiger partial charge in [-0.2, -0.15) is 0 Å². The average Bonchev–Trinajstić information content (AvgIpc) is 3.63. The molecule has 164 valence electrons. The minimum atomic E-state index is -0.997. The summed E-state index contributed by atoms with van der Waals surface area (Å²) in [7, 11) is 0. The van der Waals surface area contributed by atoms with Crippen LogP contribution in [0.3, 0.4) is 0 Å². The number of carboxylic acids is 1. The highest BCUT2D eigenvalue weighted by Gasteiger charge is 2.23. The highest BCUT2D eigenvalue weighted by molar-refractivity contribution is 14.1. The van der Waals surface area contributed by atoms with Gasteiger partial charge in [0.25, 0.3) is 0 Å². The maximum absolute atomic E-state index is 10.7. The van der Waals surface area contributed by atoms with E-state index in [9.17, 15) is 4.79 Å². The minimum absolute atomic E-state index is 0.358. The molecular weight excluding hydrogens is 515 g/mol. The molecule has 0 heterocycles. The molecule has 1 aliphatic rings. The van der Waals surface area contributed by atoms with E-state index in [-0.39, 0.29) is 6.61 Å². The zero-order valence-electron chi connectivity index (χ0n) is 17.9. The maximum atomic E-state index is 10.7. The van der Waals surface area contributed by atoms with Crippen LogP contribution < -0.4 is 9.47 Å². The molecule has 0 radical (unpaired) electrons. The van der Waals surface area contributed by atoms with E-state index in [1.54, 1.807) is 12.1 Å². The molecule has 0 unspecified atom stereocenters. The van der Waals surface area contributed by atoms with Crippen LogP contribution in [-0.2, 0) is 4.79 Å². The lowest BCUT2D eigenvalue weighted by Crippen LogP contribution is -2.10. The Kier molecular flexibility index (Phi) is 7.15. The highest BCUT2D eigenvalue weighted by Crippen LogP contribution is 2.40. The summed E-state index contributed by atoms with van der Waals surface area (Å²) in [6.07, 6.45) is 4.71. The summed E-state index contributed by atoms with van der Waals surface area (Å²) in [5, 5.41) is 8.78. The number of hydrogen-bond donors (Lipinski definition) is 1. The summed E-state index contributed by atoms with van der Waals surface area (Å²) in [6.45, 7) is 1.93. The molecule has 3 aromatic carbocycles. The molecule has 0 aromatic heterocycles. The molecule has 3 aromatic rings. The monoisotopic (exact) mass is 540 g/mol. The molecule has 0 bridgehead atoms. The Hall–Kier alpha value is -2.80. The van der Waals surface area contributed by atoms with Gasteiger partial charge in [0.2, 0.25) is 0 Å². The first-order chi connectivity index (χ1) is 15.5. The molecule has 0 saturated heterocycles. The minimum Gasteiger partial charge on any atom is -0.489 e. The second-order valence-electron chi connectivity index (χ2n) is 7.94. The van der Waals surface area contributed by atoms with Crippen LogP contribution in [0, 0.1) is 10.5 Å². The highest BCUT2D eigenvalue weighted by atomic mass is 127. The fourth-order valence-corrected chi connectivity index (χ4v) is 3.98. The molecular formula is C27H25IO4. The molecule has 1 fully saturated rings. The maximum Gasteiger partial charge on any atom is 0.341 e. The largest absolute Gasteiger partial charge is 0.489 e. The van der Waals surface area contributed by atoms with Crippen LogP contribution in [0.2, 0.25) is 0 Å². The molecule has 5 heteroatoms. The van der Waals surface area contributed by atoms with Crippen LogP contribution in [-0.4, -0.2) is 24.3 Å². The third-order valence-electron chi connectivity index (χ3n) is 5.46. The SMILES string of the molecule is Cc1cc(OC/C=C(\c2ccc(I)cc2)c2ccc(C3CC3)cc2)ccc1OCC(=O)O. The van der Waals surface area contributed by atoms with E-state index in [0.29, 0.717) is 18.1 Å². The molecule has 4 rings (SSSR count). The fourth-order valence-electron chi connectivity index (χ4n) is 3.62. The lowest BCUT2D eigenvalue weighted by molar-refractivity contribution is -0.139. The van der Waals surface area contributed by atoms with E-state index in [0.717, 1.165) is 22.6 Å². The lowest BCUT2D eigenvalue weighted by Gasteiger charge is -2.12. The number of carbonyl (C=O) groups is 1. The van der Waals surface area contributed by atoms with Gasteiger partial charge in [0.15, 0.2) is 6.61 Å². The molecule has 0 spiro atoms. The third-order valence-corrected chi connectivity index (χ3v) is 6.18. The van der Waals surface area contributed by atoms with Crippen molar-refractivity contribution in [2.45, 2.75) is 25.7 Å². The van der Waals surface area contributed by atoms with E-state index in [1.807, 2.05) is 13.0 Å². The van der Waals surface area contributed by atoms with Crippen LogP contribution in [0.1, 0.15) is 41.0 Å². The summed E-state index contributed by atoms with van der Waals surface area (Å²) in [5.74, 6) is 1.00. The Bertz CT molecular complexity index is 1110. The van der Waals surface area contributed by atoms with Crippen molar-refractivity contribution in [3.05, 3.63) is 98.6 Å². The summed E-state index contributed by atoms with van der Waals surface area (Å²) in [5.41, 5.74) is 5.73. The molecule has 32 heavy (non-hydrogen) atoms.